The molecule has 19 heteroatoms. The molecule has 0 aliphatic rings. The molecule has 17 nitrogen and oxygen atoms in total. The lowest BCUT2D eigenvalue weighted by atomic mass is 9.99. The lowest BCUT2D eigenvalue weighted by Crippen LogP contribution is -2.30. The predicted molar refractivity (Wildman–Crippen MR) is 442 cm³/mol. The molecule has 0 aromatic rings. The average Bonchev–Trinajstić information content (AvgIpc) is 0.987. The fourth-order valence-corrected chi connectivity index (χ4v) is 15.3. The van der Waals surface area contributed by atoms with Crippen molar-refractivity contribution in [2.75, 3.05) is 39.6 Å². The first kappa shape index (κ1) is 105. The minimum absolute atomic E-state index is 0.107. The van der Waals surface area contributed by atoms with Crippen molar-refractivity contribution in [3.8, 4) is 0 Å². The molecule has 0 heterocycles. The SMILES string of the molecule is CCCCCCCCCCCCCCCCCCCCC(=O)OC[C@H](COP(=O)(O)OC[C@@H](O)COP(=O)(O)OC[C@@H](COC(=O)CCCCCCCCCCCCCCC)OC(=O)CCCCCCCCCCCCCC(C)C)OC(=O)CCCCCCCCCCCCCCCCCCCCC(C)CC. The summed E-state index contributed by atoms with van der Waals surface area (Å²) in [6, 6.07) is 0. The first-order valence-corrected chi connectivity index (χ1v) is 48.5. The second-order valence-corrected chi connectivity index (χ2v) is 35.3. The smallest absolute Gasteiger partial charge is 0.462 e. The van der Waals surface area contributed by atoms with Crippen LogP contribution in [0.25, 0.3) is 0 Å². The number of unbranched alkanes of at least 4 members (excludes halogenated alkanes) is 56. The van der Waals surface area contributed by atoms with Gasteiger partial charge in [0.15, 0.2) is 12.2 Å². The number of carbonyl (C=O) groups is 4. The largest absolute Gasteiger partial charge is 0.472 e. The molecule has 636 valence electrons. The van der Waals surface area contributed by atoms with Gasteiger partial charge in [-0.05, 0) is 37.5 Å². The molecule has 0 saturated heterocycles. The number of phosphoric acid groups is 2. The van der Waals surface area contributed by atoms with Crippen LogP contribution in [0.4, 0.5) is 0 Å². The molecular formula is C88H172O17P2. The minimum Gasteiger partial charge on any atom is -0.462 e. The van der Waals surface area contributed by atoms with E-state index < -0.39 is 97.5 Å². The molecule has 0 rings (SSSR count). The molecule has 0 bridgehead atoms. The van der Waals surface area contributed by atoms with Gasteiger partial charge in [0.1, 0.15) is 19.3 Å². The van der Waals surface area contributed by atoms with Crippen LogP contribution >= 0.6 is 15.6 Å². The molecule has 0 radical (unpaired) electrons. The Morgan fingerprint density at radius 2 is 0.477 bits per heavy atom. The highest BCUT2D eigenvalue weighted by Crippen LogP contribution is 2.45. The van der Waals surface area contributed by atoms with Crippen LogP contribution in [0.15, 0.2) is 0 Å². The highest BCUT2D eigenvalue weighted by Gasteiger charge is 2.31. The lowest BCUT2D eigenvalue weighted by Gasteiger charge is -2.21. The van der Waals surface area contributed by atoms with E-state index in [1.807, 2.05) is 0 Å². The molecule has 3 N–H and O–H groups in total. The van der Waals surface area contributed by atoms with Gasteiger partial charge in [0.05, 0.1) is 26.4 Å². The number of carbonyl (C=O) groups excluding carboxylic acids is 4. The summed E-state index contributed by atoms with van der Waals surface area (Å²) >= 11 is 0. The predicted octanol–water partition coefficient (Wildman–Crippen LogP) is 27.0. The quantitative estimate of drug-likeness (QED) is 0.0222. The van der Waals surface area contributed by atoms with Crippen LogP contribution in [0.1, 0.15) is 472 Å². The first-order chi connectivity index (χ1) is 51.9. The third-order valence-electron chi connectivity index (χ3n) is 21.1. The summed E-state index contributed by atoms with van der Waals surface area (Å²) in [4.78, 5) is 73.3. The molecule has 0 aromatic carbocycles. The lowest BCUT2D eigenvalue weighted by molar-refractivity contribution is -0.161. The van der Waals surface area contributed by atoms with Crippen molar-refractivity contribution in [2.24, 2.45) is 11.8 Å². The minimum atomic E-state index is -4.97. The summed E-state index contributed by atoms with van der Waals surface area (Å²) in [5.41, 5.74) is 0. The van der Waals surface area contributed by atoms with Gasteiger partial charge < -0.3 is 33.8 Å². The zero-order valence-corrected chi connectivity index (χ0v) is 72.2. The van der Waals surface area contributed by atoms with Crippen molar-refractivity contribution in [1.29, 1.82) is 0 Å². The average molecular weight is 1560 g/mol. The normalized spacial score (nSPS) is 14.0. The highest BCUT2D eigenvalue weighted by atomic mass is 31.2. The number of aliphatic hydroxyl groups excluding tert-OH is 1. The van der Waals surface area contributed by atoms with Crippen molar-refractivity contribution >= 4 is 39.5 Å². The zero-order chi connectivity index (χ0) is 78.5. The number of esters is 4. The third-order valence-corrected chi connectivity index (χ3v) is 23.0. The van der Waals surface area contributed by atoms with E-state index in [9.17, 15) is 43.2 Å². The Kier molecular flexibility index (Phi) is 77.9. The maximum atomic E-state index is 13.2. The topological polar surface area (TPSA) is 237 Å². The van der Waals surface area contributed by atoms with Crippen LogP contribution in [0, 0.1) is 11.8 Å². The van der Waals surface area contributed by atoms with Crippen LogP contribution < -0.4 is 0 Å². The maximum absolute atomic E-state index is 13.2. The Morgan fingerprint density at radius 3 is 0.710 bits per heavy atom. The van der Waals surface area contributed by atoms with Crippen LogP contribution in [0.3, 0.4) is 0 Å². The van der Waals surface area contributed by atoms with E-state index in [-0.39, 0.29) is 25.7 Å². The van der Waals surface area contributed by atoms with Gasteiger partial charge in [-0.1, -0.05) is 420 Å². The number of hydrogen-bond acceptors (Lipinski definition) is 15. The van der Waals surface area contributed by atoms with E-state index in [1.54, 1.807) is 0 Å². The Bertz CT molecular complexity index is 2050. The van der Waals surface area contributed by atoms with Crippen LogP contribution in [0.2, 0.25) is 0 Å². The fourth-order valence-electron chi connectivity index (χ4n) is 13.7. The Morgan fingerprint density at radius 1 is 0.271 bits per heavy atom. The van der Waals surface area contributed by atoms with E-state index in [0.29, 0.717) is 25.7 Å². The van der Waals surface area contributed by atoms with Crippen molar-refractivity contribution in [1.82, 2.24) is 0 Å². The summed E-state index contributed by atoms with van der Waals surface area (Å²) < 4.78 is 69.0. The monoisotopic (exact) mass is 1560 g/mol. The Labute approximate surface area is 658 Å². The van der Waals surface area contributed by atoms with Gasteiger partial charge in [0.2, 0.25) is 0 Å². The molecule has 0 fully saturated rings. The van der Waals surface area contributed by atoms with Crippen molar-refractivity contribution in [3.05, 3.63) is 0 Å². The zero-order valence-electron chi connectivity index (χ0n) is 70.5. The molecule has 0 spiro atoms. The number of ether oxygens (including phenoxy) is 4. The summed E-state index contributed by atoms with van der Waals surface area (Å²) in [6.07, 6.45) is 72.1. The van der Waals surface area contributed by atoms with Gasteiger partial charge in [-0.2, -0.15) is 0 Å². The standard InChI is InChI=1S/C88H172O17P2/c1-7-10-12-14-16-18-20-22-23-24-28-31-35-41-47-53-59-65-71-86(91)99-76-83(104-87(92)72-66-60-54-48-42-36-32-29-26-25-27-30-34-39-45-51-57-63-69-81(6)9-3)78-102-106(94,95)100-74-82(89)75-101-107(96,97)103-79-84(77-98-85(90)70-64-58-52-46-40-33-21-19-17-15-13-11-8-2)105-88(93)73-67-61-55-49-43-37-38-44-50-56-62-68-80(4)5/h80-84,89H,7-79H2,1-6H3,(H,94,95)(H,96,97)/t81?,82-,83-,84-/m1/s1. The van der Waals surface area contributed by atoms with Crippen LogP contribution in [0.5, 0.6) is 0 Å². The van der Waals surface area contributed by atoms with Crippen molar-refractivity contribution < 1.29 is 80.2 Å². The molecule has 0 saturated carbocycles. The van der Waals surface area contributed by atoms with E-state index in [1.165, 1.54) is 289 Å². The van der Waals surface area contributed by atoms with Crippen molar-refractivity contribution in [3.63, 3.8) is 0 Å². The molecular weight excluding hydrogens is 1390 g/mol. The molecule has 107 heavy (non-hydrogen) atoms. The highest BCUT2D eigenvalue weighted by molar-refractivity contribution is 7.47. The molecule has 0 amide bonds. The summed E-state index contributed by atoms with van der Waals surface area (Å²) in [5, 5.41) is 10.7. The molecule has 0 aliphatic carbocycles. The number of aliphatic hydroxyl groups is 1. The van der Waals surface area contributed by atoms with Gasteiger partial charge in [-0.3, -0.25) is 37.3 Å². The van der Waals surface area contributed by atoms with Gasteiger partial charge in [0.25, 0.3) is 0 Å². The number of phosphoric ester groups is 2. The van der Waals surface area contributed by atoms with E-state index in [2.05, 4.69) is 41.5 Å². The molecule has 0 aromatic heterocycles. The van der Waals surface area contributed by atoms with Gasteiger partial charge in [-0.15, -0.1) is 0 Å². The molecule has 6 atom stereocenters. The third kappa shape index (κ3) is 80.5. The van der Waals surface area contributed by atoms with Crippen LogP contribution in [-0.2, 0) is 65.4 Å². The molecule has 0 aliphatic heterocycles. The summed E-state index contributed by atoms with van der Waals surface area (Å²) in [6.45, 7) is 9.76. The second-order valence-electron chi connectivity index (χ2n) is 32.4. The summed E-state index contributed by atoms with van der Waals surface area (Å²) in [7, 11) is -9.93. The second kappa shape index (κ2) is 79.3. The van der Waals surface area contributed by atoms with Gasteiger partial charge in [0, 0.05) is 25.7 Å². The van der Waals surface area contributed by atoms with E-state index >= 15 is 0 Å². The molecule has 3 unspecified atom stereocenters. The Hall–Kier alpha value is -1.94. The van der Waals surface area contributed by atoms with Crippen molar-refractivity contribution in [2.45, 2.75) is 490 Å². The Balaban J connectivity index is 5.25. The fraction of sp³-hybridized carbons (Fsp3) is 0.955. The van der Waals surface area contributed by atoms with E-state index in [0.717, 1.165) is 102 Å². The van der Waals surface area contributed by atoms with Crippen LogP contribution in [-0.4, -0.2) is 96.7 Å². The maximum Gasteiger partial charge on any atom is 0.472 e. The number of hydrogen-bond donors (Lipinski definition) is 3. The summed E-state index contributed by atoms with van der Waals surface area (Å²) in [5.74, 6) is -0.462. The first-order valence-electron chi connectivity index (χ1n) is 45.5. The van der Waals surface area contributed by atoms with Gasteiger partial charge >= 0.3 is 39.5 Å². The van der Waals surface area contributed by atoms with E-state index in [4.69, 9.17) is 37.0 Å². The van der Waals surface area contributed by atoms with Gasteiger partial charge in [-0.25, -0.2) is 9.13 Å². The number of rotatable bonds is 87.